The number of aliphatic hydroxyl groups excluding tert-OH is 1. The fraction of sp³-hybridized carbons (Fsp3) is 0.222. The Morgan fingerprint density at radius 1 is 1.33 bits per heavy atom. The molecule has 6 heteroatoms. The van der Waals surface area contributed by atoms with Gasteiger partial charge in [-0.25, -0.2) is 4.98 Å². The molecular formula is C9H11N3O3. The molecule has 0 aliphatic heterocycles. The van der Waals surface area contributed by atoms with E-state index in [0.717, 1.165) is 0 Å². The van der Waals surface area contributed by atoms with Gasteiger partial charge in [0.25, 0.3) is 5.91 Å². The minimum absolute atomic E-state index is 0.0500. The second-order valence-electron chi connectivity index (χ2n) is 2.93. The van der Waals surface area contributed by atoms with Gasteiger partial charge in [-0.3, -0.25) is 9.59 Å². The van der Waals surface area contributed by atoms with E-state index < -0.39 is 11.8 Å². The maximum atomic E-state index is 10.9. The SMILES string of the molecule is NC(=O)c1cnc(C(N)=O)c(CCO)c1. The lowest BCUT2D eigenvalue weighted by Gasteiger charge is -2.05. The van der Waals surface area contributed by atoms with Crippen molar-refractivity contribution in [1.82, 2.24) is 4.98 Å². The lowest BCUT2D eigenvalue weighted by Crippen LogP contribution is -2.19. The molecule has 1 rings (SSSR count). The van der Waals surface area contributed by atoms with Gasteiger partial charge in [0.05, 0.1) is 5.56 Å². The van der Waals surface area contributed by atoms with E-state index in [1.54, 1.807) is 0 Å². The zero-order chi connectivity index (χ0) is 11.4. The third-order valence-corrected chi connectivity index (χ3v) is 1.87. The van der Waals surface area contributed by atoms with Gasteiger partial charge >= 0.3 is 0 Å². The zero-order valence-corrected chi connectivity index (χ0v) is 7.93. The first-order valence-electron chi connectivity index (χ1n) is 4.25. The van der Waals surface area contributed by atoms with Gasteiger partial charge in [-0.1, -0.05) is 0 Å². The first-order valence-corrected chi connectivity index (χ1v) is 4.25. The first-order chi connectivity index (χ1) is 7.06. The molecule has 0 saturated carbocycles. The van der Waals surface area contributed by atoms with Crippen LogP contribution in [0.3, 0.4) is 0 Å². The molecule has 1 aromatic heterocycles. The van der Waals surface area contributed by atoms with Gasteiger partial charge in [-0.05, 0) is 18.1 Å². The highest BCUT2D eigenvalue weighted by Crippen LogP contribution is 2.09. The van der Waals surface area contributed by atoms with Crippen LogP contribution in [0.2, 0.25) is 0 Å². The number of carbonyl (C=O) groups excluding carboxylic acids is 2. The fourth-order valence-corrected chi connectivity index (χ4v) is 1.18. The molecule has 0 aliphatic carbocycles. The number of primary amides is 2. The molecule has 6 nitrogen and oxygen atoms in total. The van der Waals surface area contributed by atoms with Gasteiger partial charge in [0.15, 0.2) is 0 Å². The molecule has 2 amide bonds. The molecule has 1 aromatic rings. The average molecular weight is 209 g/mol. The predicted molar refractivity (Wildman–Crippen MR) is 52.1 cm³/mol. The van der Waals surface area contributed by atoms with Crippen molar-refractivity contribution in [3.8, 4) is 0 Å². The van der Waals surface area contributed by atoms with Crippen LogP contribution in [-0.4, -0.2) is 28.5 Å². The number of nitrogens with two attached hydrogens (primary N) is 2. The lowest BCUT2D eigenvalue weighted by atomic mass is 10.1. The van der Waals surface area contributed by atoms with Crippen molar-refractivity contribution in [2.45, 2.75) is 6.42 Å². The van der Waals surface area contributed by atoms with E-state index in [1.807, 2.05) is 0 Å². The maximum absolute atomic E-state index is 10.9. The van der Waals surface area contributed by atoms with Crippen LogP contribution in [0, 0.1) is 0 Å². The molecule has 0 atom stereocenters. The van der Waals surface area contributed by atoms with Crippen molar-refractivity contribution in [2.75, 3.05) is 6.61 Å². The summed E-state index contributed by atoms with van der Waals surface area (Å²) in [6.45, 7) is -0.163. The summed E-state index contributed by atoms with van der Waals surface area (Å²) < 4.78 is 0. The summed E-state index contributed by atoms with van der Waals surface area (Å²) in [5.74, 6) is -1.34. The van der Waals surface area contributed by atoms with Crippen LogP contribution in [0.15, 0.2) is 12.3 Å². The third-order valence-electron chi connectivity index (χ3n) is 1.87. The van der Waals surface area contributed by atoms with Crippen molar-refractivity contribution in [1.29, 1.82) is 0 Å². The topological polar surface area (TPSA) is 119 Å². The molecular weight excluding hydrogens is 198 g/mol. The van der Waals surface area contributed by atoms with E-state index in [-0.39, 0.29) is 24.3 Å². The van der Waals surface area contributed by atoms with Crippen LogP contribution < -0.4 is 11.5 Å². The molecule has 0 spiro atoms. The van der Waals surface area contributed by atoms with E-state index >= 15 is 0 Å². The van der Waals surface area contributed by atoms with Gasteiger partial charge in [0.2, 0.25) is 5.91 Å². The number of carbonyl (C=O) groups is 2. The summed E-state index contributed by atoms with van der Waals surface area (Å²) in [7, 11) is 0. The number of aliphatic hydroxyl groups is 1. The van der Waals surface area contributed by atoms with Crippen LogP contribution in [0.25, 0.3) is 0 Å². The Labute approximate surface area is 85.9 Å². The summed E-state index contributed by atoms with van der Waals surface area (Å²) in [6, 6.07) is 1.41. The number of rotatable bonds is 4. The Morgan fingerprint density at radius 2 is 2.00 bits per heavy atom. The Bertz CT molecular complexity index is 404. The molecule has 0 saturated heterocycles. The molecule has 15 heavy (non-hydrogen) atoms. The zero-order valence-electron chi connectivity index (χ0n) is 7.93. The number of aromatic nitrogens is 1. The minimum Gasteiger partial charge on any atom is -0.396 e. The normalized spacial score (nSPS) is 9.93. The Kier molecular flexibility index (Phi) is 3.35. The summed E-state index contributed by atoms with van der Waals surface area (Å²) in [5, 5.41) is 8.76. The quantitative estimate of drug-likeness (QED) is 0.577. The van der Waals surface area contributed by atoms with Crippen LogP contribution >= 0.6 is 0 Å². The van der Waals surface area contributed by atoms with Crippen molar-refractivity contribution in [3.63, 3.8) is 0 Å². The standard InChI is InChI=1S/C9H11N3O3/c10-8(14)6-3-5(1-2-13)7(9(11)15)12-4-6/h3-4,13H,1-2H2,(H2,10,14)(H2,11,15). The highest BCUT2D eigenvalue weighted by Gasteiger charge is 2.12. The summed E-state index contributed by atoms with van der Waals surface area (Å²) in [4.78, 5) is 25.5. The molecule has 5 N–H and O–H groups in total. The van der Waals surface area contributed by atoms with Crippen molar-refractivity contribution in [3.05, 3.63) is 29.1 Å². The van der Waals surface area contributed by atoms with Crippen LogP contribution in [0.4, 0.5) is 0 Å². The molecule has 0 aliphatic rings. The number of nitrogens with zero attached hydrogens (tertiary/aromatic N) is 1. The van der Waals surface area contributed by atoms with Crippen molar-refractivity contribution in [2.24, 2.45) is 11.5 Å². The predicted octanol–water partition coefficient (Wildman–Crippen LogP) is -1.19. The molecule has 0 bridgehead atoms. The summed E-state index contributed by atoms with van der Waals surface area (Å²) in [5.41, 5.74) is 10.8. The van der Waals surface area contributed by atoms with Crippen LogP contribution in [0.5, 0.6) is 0 Å². The van der Waals surface area contributed by atoms with Gasteiger partial charge in [-0.2, -0.15) is 0 Å². The molecule has 0 aromatic carbocycles. The highest BCUT2D eigenvalue weighted by molar-refractivity contribution is 5.96. The Balaban J connectivity index is 3.20. The minimum atomic E-state index is -0.700. The van der Waals surface area contributed by atoms with Crippen LogP contribution in [0.1, 0.15) is 26.4 Å². The number of hydrogen-bond acceptors (Lipinski definition) is 4. The first kappa shape index (κ1) is 11.1. The van der Waals surface area contributed by atoms with E-state index in [0.29, 0.717) is 5.56 Å². The molecule has 1 heterocycles. The molecule has 0 fully saturated rings. The maximum Gasteiger partial charge on any atom is 0.267 e. The second-order valence-corrected chi connectivity index (χ2v) is 2.93. The lowest BCUT2D eigenvalue weighted by molar-refractivity contribution is 0.0983. The van der Waals surface area contributed by atoms with Crippen molar-refractivity contribution < 1.29 is 14.7 Å². The Morgan fingerprint density at radius 3 is 2.47 bits per heavy atom. The number of pyridine rings is 1. The summed E-state index contributed by atoms with van der Waals surface area (Å²) in [6.07, 6.45) is 1.38. The smallest absolute Gasteiger partial charge is 0.267 e. The van der Waals surface area contributed by atoms with E-state index in [4.69, 9.17) is 16.6 Å². The van der Waals surface area contributed by atoms with Crippen LogP contribution in [-0.2, 0) is 6.42 Å². The third kappa shape index (κ3) is 2.50. The van der Waals surface area contributed by atoms with Gasteiger partial charge in [0.1, 0.15) is 5.69 Å². The second kappa shape index (κ2) is 4.52. The molecule has 0 unspecified atom stereocenters. The van der Waals surface area contributed by atoms with E-state index in [2.05, 4.69) is 4.98 Å². The van der Waals surface area contributed by atoms with Gasteiger partial charge in [-0.15, -0.1) is 0 Å². The molecule has 0 radical (unpaired) electrons. The van der Waals surface area contributed by atoms with Crippen molar-refractivity contribution >= 4 is 11.8 Å². The van der Waals surface area contributed by atoms with E-state index in [9.17, 15) is 9.59 Å². The highest BCUT2D eigenvalue weighted by atomic mass is 16.3. The van der Waals surface area contributed by atoms with Gasteiger partial charge in [0, 0.05) is 12.8 Å². The summed E-state index contributed by atoms with van der Waals surface area (Å²) >= 11 is 0. The van der Waals surface area contributed by atoms with E-state index in [1.165, 1.54) is 12.3 Å². The number of hydrogen-bond donors (Lipinski definition) is 3. The fourth-order valence-electron chi connectivity index (χ4n) is 1.18. The van der Waals surface area contributed by atoms with Gasteiger partial charge < -0.3 is 16.6 Å². The monoisotopic (exact) mass is 209 g/mol. The average Bonchev–Trinajstić information content (AvgIpc) is 2.17. The Hall–Kier alpha value is -1.95. The number of amides is 2. The largest absolute Gasteiger partial charge is 0.396 e. The molecule has 80 valence electrons.